The summed E-state index contributed by atoms with van der Waals surface area (Å²) in [6.45, 7) is 4.05. The molecule has 0 aromatic heterocycles. The number of unbranched alkanes of at least 4 members (excludes halogenated alkanes) is 15. The van der Waals surface area contributed by atoms with Gasteiger partial charge in [-0.25, -0.2) is 0 Å². The molecule has 0 amide bonds. The van der Waals surface area contributed by atoms with Crippen LogP contribution in [-0.4, -0.2) is 36.4 Å². The van der Waals surface area contributed by atoms with E-state index in [0.29, 0.717) is 12.8 Å². The van der Waals surface area contributed by atoms with E-state index >= 15 is 0 Å². The van der Waals surface area contributed by atoms with Gasteiger partial charge in [0.2, 0.25) is 0 Å². The lowest BCUT2D eigenvalue weighted by Crippen LogP contribution is -2.28. The maximum atomic E-state index is 12.1. The fraction of sp³-hybridized carbons (Fsp3) is 0.737. The second-order valence-electron chi connectivity index (χ2n) is 11.6. The molecule has 1 atom stereocenters. The monoisotopic (exact) mass is 602 g/mol. The zero-order chi connectivity index (χ0) is 31.5. The number of carbonyl (C=O) groups is 2. The molecule has 0 bridgehead atoms. The first-order chi connectivity index (χ1) is 21.1. The standard InChI is InChI=1S/C38H66O5/c1-3-5-7-9-11-13-15-16-17-18-19-20-21-22-23-25-26-28-30-32-37(40)42-35-36(34-39)43-38(41)33-31-29-27-24-14-12-10-8-6-4-2/h11,13,16-17,19-20,22-23,36,39H,3-10,12,14-15,18,21,24-35H2,1-2H3/b13-11+,17-16+,20-19+,23-22+/t36-/m0/s1. The normalized spacial score (nSPS) is 12.7. The van der Waals surface area contributed by atoms with E-state index in [0.717, 1.165) is 64.2 Å². The molecule has 5 heteroatoms. The Kier molecular flexibility index (Phi) is 32.6. The van der Waals surface area contributed by atoms with Gasteiger partial charge in [0, 0.05) is 12.8 Å². The van der Waals surface area contributed by atoms with Crippen LogP contribution < -0.4 is 0 Å². The van der Waals surface area contributed by atoms with E-state index in [4.69, 9.17) is 9.47 Å². The Morgan fingerprint density at radius 2 is 0.930 bits per heavy atom. The number of carbonyl (C=O) groups excluding carboxylic acids is 2. The lowest BCUT2D eigenvalue weighted by atomic mass is 10.1. The predicted octanol–water partition coefficient (Wildman–Crippen LogP) is 10.7. The summed E-state index contributed by atoms with van der Waals surface area (Å²) in [5.74, 6) is -0.631. The molecule has 0 aliphatic rings. The Morgan fingerprint density at radius 1 is 0.535 bits per heavy atom. The highest BCUT2D eigenvalue weighted by atomic mass is 16.6. The summed E-state index contributed by atoms with van der Waals surface area (Å²) in [6.07, 6.45) is 41.6. The summed E-state index contributed by atoms with van der Waals surface area (Å²) >= 11 is 0. The Balaban J connectivity index is 3.66. The Morgan fingerprint density at radius 3 is 1.44 bits per heavy atom. The Labute approximate surface area is 265 Å². The van der Waals surface area contributed by atoms with E-state index in [1.165, 1.54) is 70.6 Å². The molecule has 43 heavy (non-hydrogen) atoms. The summed E-state index contributed by atoms with van der Waals surface area (Å²) in [6, 6.07) is 0. The minimum absolute atomic E-state index is 0.0820. The number of hydrogen-bond acceptors (Lipinski definition) is 5. The van der Waals surface area contributed by atoms with Crippen LogP contribution >= 0.6 is 0 Å². The number of aliphatic hydroxyl groups is 1. The van der Waals surface area contributed by atoms with Crippen molar-refractivity contribution in [1.82, 2.24) is 0 Å². The van der Waals surface area contributed by atoms with Gasteiger partial charge in [0.1, 0.15) is 6.61 Å². The van der Waals surface area contributed by atoms with Gasteiger partial charge in [-0.1, -0.05) is 140 Å². The van der Waals surface area contributed by atoms with Crippen LogP contribution in [0.15, 0.2) is 48.6 Å². The average molecular weight is 603 g/mol. The molecule has 0 aromatic carbocycles. The summed E-state index contributed by atoms with van der Waals surface area (Å²) in [5, 5.41) is 9.49. The van der Waals surface area contributed by atoms with Gasteiger partial charge in [-0.15, -0.1) is 0 Å². The van der Waals surface area contributed by atoms with Gasteiger partial charge in [0.15, 0.2) is 6.10 Å². The number of hydrogen-bond donors (Lipinski definition) is 1. The van der Waals surface area contributed by atoms with Crippen molar-refractivity contribution in [2.75, 3.05) is 13.2 Å². The van der Waals surface area contributed by atoms with E-state index < -0.39 is 6.10 Å². The van der Waals surface area contributed by atoms with Crippen LogP contribution in [0.2, 0.25) is 0 Å². The van der Waals surface area contributed by atoms with Crippen LogP contribution in [0.5, 0.6) is 0 Å². The molecule has 5 nitrogen and oxygen atoms in total. The Hall–Kier alpha value is -2.14. The zero-order valence-electron chi connectivity index (χ0n) is 28.0. The molecule has 248 valence electrons. The van der Waals surface area contributed by atoms with Gasteiger partial charge in [-0.2, -0.15) is 0 Å². The van der Waals surface area contributed by atoms with Gasteiger partial charge in [0.05, 0.1) is 6.61 Å². The molecule has 0 aromatic rings. The molecule has 0 fully saturated rings. The maximum Gasteiger partial charge on any atom is 0.306 e. The number of ether oxygens (including phenoxy) is 2. The van der Waals surface area contributed by atoms with Crippen molar-refractivity contribution in [2.24, 2.45) is 0 Å². The van der Waals surface area contributed by atoms with E-state index in [9.17, 15) is 14.7 Å². The smallest absolute Gasteiger partial charge is 0.306 e. The zero-order valence-corrected chi connectivity index (χ0v) is 28.0. The van der Waals surface area contributed by atoms with Gasteiger partial charge < -0.3 is 14.6 Å². The first-order valence-corrected chi connectivity index (χ1v) is 17.7. The fourth-order valence-corrected chi connectivity index (χ4v) is 4.65. The minimum Gasteiger partial charge on any atom is -0.462 e. The predicted molar refractivity (Wildman–Crippen MR) is 182 cm³/mol. The fourth-order valence-electron chi connectivity index (χ4n) is 4.65. The molecule has 0 heterocycles. The first kappa shape index (κ1) is 40.9. The molecule has 0 rings (SSSR count). The summed E-state index contributed by atoms with van der Waals surface area (Å²) in [5.41, 5.74) is 0. The van der Waals surface area contributed by atoms with Crippen LogP contribution in [-0.2, 0) is 19.1 Å². The minimum atomic E-state index is -0.781. The number of aliphatic hydroxyl groups excluding tert-OH is 1. The van der Waals surface area contributed by atoms with Gasteiger partial charge in [-0.3, -0.25) is 9.59 Å². The number of allylic oxidation sites excluding steroid dienone is 8. The van der Waals surface area contributed by atoms with E-state index in [1.54, 1.807) is 0 Å². The summed E-state index contributed by atoms with van der Waals surface area (Å²) in [4.78, 5) is 24.1. The molecular weight excluding hydrogens is 536 g/mol. The third-order valence-electron chi connectivity index (χ3n) is 7.38. The molecule has 0 aliphatic carbocycles. The largest absolute Gasteiger partial charge is 0.462 e. The molecular formula is C38H66O5. The number of rotatable bonds is 31. The SMILES string of the molecule is CCCCC/C=C/C/C=C/C/C=C/C/C=C/CCCCCC(=O)OC[C@H](CO)OC(=O)CCCCCCCCCCCC. The van der Waals surface area contributed by atoms with Crippen molar-refractivity contribution in [3.05, 3.63) is 48.6 Å². The summed E-state index contributed by atoms with van der Waals surface area (Å²) < 4.78 is 10.5. The van der Waals surface area contributed by atoms with Crippen LogP contribution in [0.25, 0.3) is 0 Å². The van der Waals surface area contributed by atoms with Crippen LogP contribution in [0.1, 0.15) is 162 Å². The highest BCUT2D eigenvalue weighted by Crippen LogP contribution is 2.12. The van der Waals surface area contributed by atoms with Crippen molar-refractivity contribution in [3.8, 4) is 0 Å². The lowest BCUT2D eigenvalue weighted by Gasteiger charge is -2.15. The van der Waals surface area contributed by atoms with Gasteiger partial charge in [-0.05, 0) is 57.8 Å². The third-order valence-corrected chi connectivity index (χ3v) is 7.38. The number of esters is 2. The van der Waals surface area contributed by atoms with Crippen molar-refractivity contribution < 1.29 is 24.2 Å². The highest BCUT2D eigenvalue weighted by Gasteiger charge is 2.16. The highest BCUT2D eigenvalue weighted by molar-refractivity contribution is 5.70. The quantitative estimate of drug-likeness (QED) is 0.0485. The molecule has 0 saturated carbocycles. The second-order valence-corrected chi connectivity index (χ2v) is 11.6. The van der Waals surface area contributed by atoms with Crippen molar-refractivity contribution in [2.45, 2.75) is 168 Å². The van der Waals surface area contributed by atoms with E-state index in [1.807, 2.05) is 0 Å². The van der Waals surface area contributed by atoms with Gasteiger partial charge in [0.25, 0.3) is 0 Å². The van der Waals surface area contributed by atoms with Crippen molar-refractivity contribution in [1.29, 1.82) is 0 Å². The average Bonchev–Trinajstić information content (AvgIpc) is 3.01. The van der Waals surface area contributed by atoms with E-state index in [-0.39, 0.29) is 25.2 Å². The molecule has 0 radical (unpaired) electrons. The first-order valence-electron chi connectivity index (χ1n) is 17.7. The van der Waals surface area contributed by atoms with Crippen molar-refractivity contribution >= 4 is 11.9 Å². The third kappa shape index (κ3) is 32.6. The van der Waals surface area contributed by atoms with Crippen LogP contribution in [0.3, 0.4) is 0 Å². The maximum absolute atomic E-state index is 12.1. The topological polar surface area (TPSA) is 72.8 Å². The van der Waals surface area contributed by atoms with Gasteiger partial charge >= 0.3 is 11.9 Å². The van der Waals surface area contributed by atoms with Crippen LogP contribution in [0, 0.1) is 0 Å². The Bertz CT molecular complexity index is 737. The molecule has 1 N–H and O–H groups in total. The van der Waals surface area contributed by atoms with Crippen molar-refractivity contribution in [3.63, 3.8) is 0 Å². The summed E-state index contributed by atoms with van der Waals surface area (Å²) in [7, 11) is 0. The van der Waals surface area contributed by atoms with Crippen LogP contribution in [0.4, 0.5) is 0 Å². The molecule has 0 aliphatic heterocycles. The van der Waals surface area contributed by atoms with E-state index in [2.05, 4.69) is 62.5 Å². The second kappa shape index (κ2) is 34.4. The lowest BCUT2D eigenvalue weighted by molar-refractivity contribution is -0.161. The molecule has 0 saturated heterocycles. The molecule has 0 spiro atoms. The molecule has 0 unspecified atom stereocenters.